The van der Waals surface area contributed by atoms with Crippen molar-refractivity contribution >= 4 is 5.69 Å². The molecular weight excluding hydrogens is 242 g/mol. The second-order valence-corrected chi connectivity index (χ2v) is 5.35. The molecule has 1 saturated heterocycles. The van der Waals surface area contributed by atoms with Crippen LogP contribution >= 0.6 is 0 Å². The third-order valence-electron chi connectivity index (χ3n) is 3.98. The van der Waals surface area contributed by atoms with E-state index in [1.54, 1.807) is 12.1 Å². The number of rotatable bonds is 3. The van der Waals surface area contributed by atoms with Gasteiger partial charge in [0.05, 0.1) is 4.92 Å². The summed E-state index contributed by atoms with van der Waals surface area (Å²) in [6.07, 6.45) is 0. The summed E-state index contributed by atoms with van der Waals surface area (Å²) in [6.45, 7) is 8.93. The van der Waals surface area contributed by atoms with E-state index in [0.717, 1.165) is 30.8 Å². The molecular formula is C14H21N3O2. The Morgan fingerprint density at radius 3 is 2.58 bits per heavy atom. The molecule has 5 nitrogen and oxygen atoms in total. The van der Waals surface area contributed by atoms with Gasteiger partial charge in [-0.1, -0.05) is 12.1 Å². The van der Waals surface area contributed by atoms with Crippen molar-refractivity contribution in [1.29, 1.82) is 0 Å². The number of nitrogens with zero attached hydrogens (tertiary/aromatic N) is 2. The SMILES string of the molecule is Cc1c(CN2C(C)CNCC2C)cccc1[N+](=O)[O-]. The number of hydrogen-bond acceptors (Lipinski definition) is 4. The number of hydrogen-bond donors (Lipinski definition) is 1. The molecule has 2 rings (SSSR count). The summed E-state index contributed by atoms with van der Waals surface area (Å²) < 4.78 is 0. The maximum Gasteiger partial charge on any atom is 0.272 e. The van der Waals surface area contributed by atoms with Gasteiger partial charge in [-0.25, -0.2) is 0 Å². The monoisotopic (exact) mass is 263 g/mol. The van der Waals surface area contributed by atoms with Crippen molar-refractivity contribution in [3.63, 3.8) is 0 Å². The third-order valence-corrected chi connectivity index (χ3v) is 3.98. The van der Waals surface area contributed by atoms with Crippen LogP contribution < -0.4 is 5.32 Å². The summed E-state index contributed by atoms with van der Waals surface area (Å²) in [5, 5.41) is 14.4. The van der Waals surface area contributed by atoms with Crippen LogP contribution in [0.5, 0.6) is 0 Å². The predicted octanol–water partition coefficient (Wildman–Crippen LogP) is 2.09. The van der Waals surface area contributed by atoms with Crippen LogP contribution in [0.3, 0.4) is 0 Å². The second kappa shape index (κ2) is 5.67. The lowest BCUT2D eigenvalue weighted by atomic mass is 10.0. The lowest BCUT2D eigenvalue weighted by molar-refractivity contribution is -0.385. The number of nitro benzene ring substituents is 1. The summed E-state index contributed by atoms with van der Waals surface area (Å²) in [7, 11) is 0. The predicted molar refractivity (Wildman–Crippen MR) is 75.2 cm³/mol. The molecule has 5 heteroatoms. The molecule has 0 spiro atoms. The van der Waals surface area contributed by atoms with E-state index in [1.165, 1.54) is 0 Å². The van der Waals surface area contributed by atoms with Crippen LogP contribution in [0.1, 0.15) is 25.0 Å². The zero-order valence-corrected chi connectivity index (χ0v) is 11.7. The Balaban J connectivity index is 2.23. The van der Waals surface area contributed by atoms with Crippen LogP contribution in [0, 0.1) is 17.0 Å². The highest BCUT2D eigenvalue weighted by Gasteiger charge is 2.25. The first-order valence-corrected chi connectivity index (χ1v) is 6.70. The molecule has 1 heterocycles. The van der Waals surface area contributed by atoms with E-state index in [1.807, 2.05) is 13.0 Å². The Bertz CT molecular complexity index is 466. The Morgan fingerprint density at radius 2 is 2.00 bits per heavy atom. The van der Waals surface area contributed by atoms with Gasteiger partial charge in [-0.2, -0.15) is 0 Å². The van der Waals surface area contributed by atoms with Crippen molar-refractivity contribution in [3.05, 3.63) is 39.4 Å². The minimum atomic E-state index is -0.302. The van der Waals surface area contributed by atoms with Crippen LogP contribution in [-0.4, -0.2) is 35.0 Å². The summed E-state index contributed by atoms with van der Waals surface area (Å²) in [5.41, 5.74) is 2.05. The molecule has 1 fully saturated rings. The van der Waals surface area contributed by atoms with Gasteiger partial charge in [-0.3, -0.25) is 15.0 Å². The zero-order chi connectivity index (χ0) is 14.0. The highest BCUT2D eigenvalue weighted by molar-refractivity contribution is 5.44. The van der Waals surface area contributed by atoms with E-state index < -0.39 is 0 Å². The highest BCUT2D eigenvalue weighted by atomic mass is 16.6. The summed E-state index contributed by atoms with van der Waals surface area (Å²) in [5.74, 6) is 0. The molecule has 0 saturated carbocycles. The van der Waals surface area contributed by atoms with E-state index >= 15 is 0 Å². The van der Waals surface area contributed by atoms with Gasteiger partial charge in [0.15, 0.2) is 0 Å². The van der Waals surface area contributed by atoms with E-state index in [-0.39, 0.29) is 10.6 Å². The molecule has 0 bridgehead atoms. The van der Waals surface area contributed by atoms with E-state index in [0.29, 0.717) is 12.1 Å². The molecule has 1 aromatic rings. The molecule has 19 heavy (non-hydrogen) atoms. The maximum atomic E-state index is 11.0. The van der Waals surface area contributed by atoms with Crippen molar-refractivity contribution in [2.24, 2.45) is 0 Å². The number of benzene rings is 1. The fraction of sp³-hybridized carbons (Fsp3) is 0.571. The highest BCUT2D eigenvalue weighted by Crippen LogP contribution is 2.24. The van der Waals surface area contributed by atoms with Gasteiger partial charge in [-0.15, -0.1) is 0 Å². The molecule has 1 N–H and O–H groups in total. The Kier molecular flexibility index (Phi) is 4.17. The first kappa shape index (κ1) is 14.0. The zero-order valence-electron chi connectivity index (χ0n) is 11.7. The van der Waals surface area contributed by atoms with Crippen molar-refractivity contribution in [2.45, 2.75) is 39.4 Å². The topological polar surface area (TPSA) is 58.4 Å². The van der Waals surface area contributed by atoms with E-state index in [9.17, 15) is 10.1 Å². The van der Waals surface area contributed by atoms with Gasteiger partial charge in [-0.05, 0) is 26.3 Å². The minimum Gasteiger partial charge on any atom is -0.314 e. The summed E-state index contributed by atoms with van der Waals surface area (Å²) >= 11 is 0. The van der Waals surface area contributed by atoms with Crippen molar-refractivity contribution in [1.82, 2.24) is 10.2 Å². The van der Waals surface area contributed by atoms with Gasteiger partial charge in [0.25, 0.3) is 5.69 Å². The van der Waals surface area contributed by atoms with E-state index in [2.05, 4.69) is 24.1 Å². The van der Waals surface area contributed by atoms with Gasteiger partial charge in [0.1, 0.15) is 0 Å². The van der Waals surface area contributed by atoms with Crippen LogP contribution in [0.25, 0.3) is 0 Å². The molecule has 1 aliphatic rings. The number of nitro groups is 1. The Labute approximate surface area is 113 Å². The van der Waals surface area contributed by atoms with Gasteiger partial charge in [0.2, 0.25) is 0 Å². The van der Waals surface area contributed by atoms with Crippen LogP contribution in [0.15, 0.2) is 18.2 Å². The average Bonchev–Trinajstić information content (AvgIpc) is 2.35. The van der Waals surface area contributed by atoms with Crippen molar-refractivity contribution < 1.29 is 4.92 Å². The summed E-state index contributed by atoms with van der Waals surface area (Å²) in [4.78, 5) is 13.1. The molecule has 2 atom stereocenters. The molecule has 104 valence electrons. The smallest absolute Gasteiger partial charge is 0.272 e. The second-order valence-electron chi connectivity index (χ2n) is 5.35. The lowest BCUT2D eigenvalue weighted by Gasteiger charge is -2.39. The number of piperazine rings is 1. The third kappa shape index (κ3) is 2.93. The molecule has 1 aliphatic heterocycles. The minimum absolute atomic E-state index is 0.216. The molecule has 0 radical (unpaired) electrons. The van der Waals surface area contributed by atoms with Crippen LogP contribution in [-0.2, 0) is 6.54 Å². The average molecular weight is 263 g/mol. The van der Waals surface area contributed by atoms with Crippen molar-refractivity contribution in [3.8, 4) is 0 Å². The molecule has 2 unspecified atom stereocenters. The number of nitrogens with one attached hydrogen (secondary N) is 1. The normalized spacial score (nSPS) is 24.4. The fourth-order valence-electron chi connectivity index (χ4n) is 2.72. The Hall–Kier alpha value is -1.46. The summed E-state index contributed by atoms with van der Waals surface area (Å²) in [6, 6.07) is 6.23. The van der Waals surface area contributed by atoms with Gasteiger partial charge in [0, 0.05) is 43.3 Å². The van der Waals surface area contributed by atoms with Gasteiger partial charge < -0.3 is 5.32 Å². The van der Waals surface area contributed by atoms with Crippen LogP contribution in [0.4, 0.5) is 5.69 Å². The fourth-order valence-corrected chi connectivity index (χ4v) is 2.72. The van der Waals surface area contributed by atoms with Crippen LogP contribution in [0.2, 0.25) is 0 Å². The molecule has 0 aromatic heterocycles. The quantitative estimate of drug-likeness (QED) is 0.670. The Morgan fingerprint density at radius 1 is 1.37 bits per heavy atom. The maximum absolute atomic E-state index is 11.0. The van der Waals surface area contributed by atoms with E-state index in [4.69, 9.17) is 0 Å². The van der Waals surface area contributed by atoms with Gasteiger partial charge >= 0.3 is 0 Å². The molecule has 1 aromatic carbocycles. The molecule has 0 aliphatic carbocycles. The first-order valence-electron chi connectivity index (χ1n) is 6.70. The largest absolute Gasteiger partial charge is 0.314 e. The first-order chi connectivity index (χ1) is 9.00. The van der Waals surface area contributed by atoms with Crippen molar-refractivity contribution in [2.75, 3.05) is 13.1 Å². The lowest BCUT2D eigenvalue weighted by Crippen LogP contribution is -2.54. The standard InChI is InChI=1S/C14H21N3O2/c1-10-7-15-8-11(2)16(10)9-13-5-4-6-14(12(13)3)17(18)19/h4-6,10-11,15H,7-9H2,1-3H3. The molecule has 0 amide bonds.